The van der Waals surface area contributed by atoms with Gasteiger partial charge in [-0.25, -0.2) is 8.42 Å². The van der Waals surface area contributed by atoms with Crippen molar-refractivity contribution in [2.24, 2.45) is 5.92 Å². The molecule has 0 heterocycles. The second-order valence-electron chi connectivity index (χ2n) is 9.31. The summed E-state index contributed by atoms with van der Waals surface area (Å²) in [5.41, 5.74) is 1.32. The largest absolute Gasteiger partial charge is 0.492 e. The number of hydrogen-bond donors (Lipinski definition) is 1. The molecule has 10 heteroatoms. The Balaban J connectivity index is 2.20. The molecule has 0 radical (unpaired) electrons. The number of para-hydroxylation sites is 2. The van der Waals surface area contributed by atoms with E-state index >= 15 is 0 Å². The van der Waals surface area contributed by atoms with Crippen LogP contribution in [0.15, 0.2) is 53.0 Å². The van der Waals surface area contributed by atoms with Crippen LogP contribution >= 0.6 is 15.9 Å². The average Bonchev–Trinajstić information content (AvgIpc) is 2.83. The highest BCUT2D eigenvalue weighted by Gasteiger charge is 2.27. The molecule has 8 nitrogen and oxygen atoms in total. The molecule has 1 N–H and O–H groups in total. The summed E-state index contributed by atoms with van der Waals surface area (Å²) in [6.45, 7) is 8.84. The minimum atomic E-state index is -3.62. The van der Waals surface area contributed by atoms with Crippen LogP contribution in [0.25, 0.3) is 0 Å². The first kappa shape index (κ1) is 30.6. The first-order valence-electron chi connectivity index (χ1n) is 12.4. The molecule has 0 aliphatic rings. The van der Waals surface area contributed by atoms with E-state index in [2.05, 4.69) is 21.2 Å². The second kappa shape index (κ2) is 14.4. The van der Waals surface area contributed by atoms with Crippen LogP contribution in [0.2, 0.25) is 0 Å². The van der Waals surface area contributed by atoms with Gasteiger partial charge >= 0.3 is 0 Å². The second-order valence-corrected chi connectivity index (χ2v) is 12.1. The lowest BCUT2D eigenvalue weighted by molar-refractivity contribution is -0.140. The Hall–Kier alpha value is -2.59. The third-order valence-electron chi connectivity index (χ3n) is 5.68. The number of halogens is 1. The maximum absolute atomic E-state index is 13.4. The van der Waals surface area contributed by atoms with Crippen molar-refractivity contribution in [1.82, 2.24) is 10.2 Å². The van der Waals surface area contributed by atoms with E-state index in [1.807, 2.05) is 45.0 Å². The van der Waals surface area contributed by atoms with Crippen molar-refractivity contribution >= 4 is 43.5 Å². The fourth-order valence-corrected chi connectivity index (χ4v) is 5.21. The summed E-state index contributed by atoms with van der Waals surface area (Å²) in [6, 6.07) is 13.8. The minimum absolute atomic E-state index is 0.0820. The molecule has 0 aliphatic heterocycles. The van der Waals surface area contributed by atoms with Crippen LogP contribution < -0.4 is 14.4 Å². The van der Waals surface area contributed by atoms with E-state index in [0.29, 0.717) is 24.6 Å². The fraction of sp³-hybridized carbons (Fsp3) is 0.481. The molecule has 204 valence electrons. The molecule has 1 unspecified atom stereocenters. The quantitative estimate of drug-likeness (QED) is 0.345. The summed E-state index contributed by atoms with van der Waals surface area (Å²) < 4.78 is 33.0. The maximum Gasteiger partial charge on any atom is 0.242 e. The molecule has 2 rings (SSSR count). The highest BCUT2D eigenvalue weighted by Crippen LogP contribution is 2.30. The van der Waals surface area contributed by atoms with E-state index in [1.54, 1.807) is 36.1 Å². The van der Waals surface area contributed by atoms with Gasteiger partial charge in [-0.15, -0.1) is 0 Å². The lowest BCUT2D eigenvalue weighted by atomic mass is 10.1. The first-order valence-corrected chi connectivity index (χ1v) is 15.1. The molecule has 2 aromatic rings. The zero-order valence-corrected chi connectivity index (χ0v) is 24.6. The van der Waals surface area contributed by atoms with Crippen LogP contribution in [-0.2, 0) is 26.2 Å². The number of anilines is 1. The first-order chi connectivity index (χ1) is 17.4. The molecule has 0 saturated carbocycles. The molecule has 0 spiro atoms. The van der Waals surface area contributed by atoms with Crippen molar-refractivity contribution in [3.05, 3.63) is 58.6 Å². The van der Waals surface area contributed by atoms with Crippen LogP contribution in [-0.4, -0.2) is 57.1 Å². The Bertz CT molecular complexity index is 1160. The minimum Gasteiger partial charge on any atom is -0.492 e. The lowest BCUT2D eigenvalue weighted by Gasteiger charge is -2.30. The summed E-state index contributed by atoms with van der Waals surface area (Å²) in [6.07, 6.45) is 1.50. The Morgan fingerprint density at radius 2 is 1.78 bits per heavy atom. The van der Waals surface area contributed by atoms with Crippen molar-refractivity contribution in [2.45, 2.75) is 53.1 Å². The van der Waals surface area contributed by atoms with Gasteiger partial charge in [0.1, 0.15) is 11.8 Å². The number of ether oxygens (including phenoxy) is 1. The van der Waals surface area contributed by atoms with Crippen LogP contribution in [0.4, 0.5) is 5.69 Å². The van der Waals surface area contributed by atoms with E-state index in [0.717, 1.165) is 16.3 Å². The van der Waals surface area contributed by atoms with Gasteiger partial charge in [-0.1, -0.05) is 54.0 Å². The molecule has 37 heavy (non-hydrogen) atoms. The van der Waals surface area contributed by atoms with Crippen molar-refractivity contribution in [3.63, 3.8) is 0 Å². The summed E-state index contributed by atoms with van der Waals surface area (Å²) in [5, 5.41) is 2.90. The summed E-state index contributed by atoms with van der Waals surface area (Å²) in [5.74, 6) is 0.305. The van der Waals surface area contributed by atoms with Gasteiger partial charge in [0.05, 0.1) is 18.6 Å². The van der Waals surface area contributed by atoms with Crippen molar-refractivity contribution in [1.29, 1.82) is 0 Å². The predicted octanol–water partition coefficient (Wildman–Crippen LogP) is 4.58. The van der Waals surface area contributed by atoms with Gasteiger partial charge in [0, 0.05) is 30.5 Å². The topological polar surface area (TPSA) is 96.0 Å². The van der Waals surface area contributed by atoms with E-state index in [1.165, 1.54) is 4.31 Å². The fourth-order valence-electron chi connectivity index (χ4n) is 3.79. The van der Waals surface area contributed by atoms with E-state index in [-0.39, 0.29) is 43.7 Å². The third kappa shape index (κ3) is 9.66. The number of amides is 2. The average molecular weight is 597 g/mol. The van der Waals surface area contributed by atoms with Gasteiger partial charge in [-0.2, -0.15) is 0 Å². The maximum atomic E-state index is 13.4. The van der Waals surface area contributed by atoms with E-state index in [9.17, 15) is 18.0 Å². The van der Waals surface area contributed by atoms with Crippen molar-refractivity contribution < 1.29 is 22.7 Å². The van der Waals surface area contributed by atoms with Crippen LogP contribution in [0.3, 0.4) is 0 Å². The van der Waals surface area contributed by atoms with Gasteiger partial charge in [-0.3, -0.25) is 13.9 Å². The molecule has 2 aromatic carbocycles. The zero-order valence-electron chi connectivity index (χ0n) is 22.2. The number of benzene rings is 2. The molecule has 0 bridgehead atoms. The van der Waals surface area contributed by atoms with Crippen LogP contribution in [0.5, 0.6) is 5.75 Å². The lowest BCUT2D eigenvalue weighted by Crippen LogP contribution is -2.48. The number of nitrogens with one attached hydrogen (secondary N) is 1. The predicted molar refractivity (Wildman–Crippen MR) is 151 cm³/mol. The smallest absolute Gasteiger partial charge is 0.242 e. The normalized spacial score (nSPS) is 12.2. The molecule has 0 saturated heterocycles. The van der Waals surface area contributed by atoms with Crippen molar-refractivity contribution in [3.8, 4) is 5.75 Å². The molecule has 0 aliphatic carbocycles. The van der Waals surface area contributed by atoms with Crippen LogP contribution in [0, 0.1) is 5.92 Å². The number of carbonyl (C=O) groups excluding carboxylic acids is 2. The highest BCUT2D eigenvalue weighted by molar-refractivity contribution is 9.10. The van der Waals surface area contributed by atoms with Gasteiger partial charge < -0.3 is 15.0 Å². The monoisotopic (exact) mass is 595 g/mol. The Morgan fingerprint density at radius 1 is 1.08 bits per heavy atom. The number of rotatable bonds is 14. The summed E-state index contributed by atoms with van der Waals surface area (Å²) in [4.78, 5) is 27.8. The highest BCUT2D eigenvalue weighted by atomic mass is 79.9. The molecule has 0 fully saturated rings. The SMILES string of the molecule is CCOc1ccccc1N(CCCC(=O)N(Cc1cccc(Br)c1)C(C)C(=O)NCC(C)C)S(C)(=O)=O. The Morgan fingerprint density at radius 3 is 2.41 bits per heavy atom. The van der Waals surface area contributed by atoms with E-state index < -0.39 is 16.1 Å². The van der Waals surface area contributed by atoms with Crippen molar-refractivity contribution in [2.75, 3.05) is 30.3 Å². The molecular formula is C27H38BrN3O5S. The van der Waals surface area contributed by atoms with Gasteiger partial charge in [0.2, 0.25) is 21.8 Å². The molecular weight excluding hydrogens is 558 g/mol. The number of nitrogens with zero attached hydrogens (tertiary/aromatic N) is 2. The van der Waals surface area contributed by atoms with E-state index in [4.69, 9.17) is 4.74 Å². The standard InChI is InChI=1S/C27H38BrN3O5S/c1-6-36-25-14-8-7-13-24(25)31(37(5,34)35)16-10-15-26(32)30(19-22-11-9-12-23(28)17-22)21(4)27(33)29-18-20(2)3/h7-9,11-14,17,20-21H,6,10,15-16,18-19H2,1-5H3,(H,29,33). The summed E-state index contributed by atoms with van der Waals surface area (Å²) in [7, 11) is -3.62. The van der Waals surface area contributed by atoms with Gasteiger partial charge in [0.15, 0.2) is 0 Å². The molecule has 1 atom stereocenters. The van der Waals surface area contributed by atoms with Gasteiger partial charge in [0.25, 0.3) is 0 Å². The van der Waals surface area contributed by atoms with Crippen LogP contribution in [0.1, 0.15) is 46.1 Å². The number of sulfonamides is 1. The third-order valence-corrected chi connectivity index (χ3v) is 7.35. The number of carbonyl (C=O) groups is 2. The molecule has 2 amide bonds. The summed E-state index contributed by atoms with van der Waals surface area (Å²) >= 11 is 3.46. The molecule has 0 aromatic heterocycles. The Kier molecular flexibility index (Phi) is 11.9. The Labute approximate surface area is 229 Å². The number of hydrogen-bond acceptors (Lipinski definition) is 5. The zero-order chi connectivity index (χ0) is 27.6. The van der Waals surface area contributed by atoms with Gasteiger partial charge in [-0.05, 0) is 56.0 Å².